The third kappa shape index (κ3) is 3.67. The first-order chi connectivity index (χ1) is 14.7. The van der Waals surface area contributed by atoms with Crippen molar-refractivity contribution < 1.29 is 29.0 Å². The number of carbonyl (C=O) groups is 3. The zero-order chi connectivity index (χ0) is 23.0. The summed E-state index contributed by atoms with van der Waals surface area (Å²) in [6.45, 7) is 12.2. The molecule has 3 saturated heterocycles. The minimum atomic E-state index is -1.03. The van der Waals surface area contributed by atoms with E-state index in [9.17, 15) is 19.5 Å². The van der Waals surface area contributed by atoms with E-state index in [4.69, 9.17) is 9.47 Å². The van der Waals surface area contributed by atoms with Crippen molar-refractivity contribution in [3.05, 3.63) is 12.7 Å². The first-order valence-electron chi connectivity index (χ1n) is 11.4. The third-order valence-corrected chi connectivity index (χ3v) is 7.09. The molecule has 31 heavy (non-hydrogen) atoms. The van der Waals surface area contributed by atoms with Crippen LogP contribution >= 0.6 is 0 Å². The predicted molar refractivity (Wildman–Crippen MR) is 114 cm³/mol. The summed E-state index contributed by atoms with van der Waals surface area (Å²) < 4.78 is 11.8. The third-order valence-electron chi connectivity index (χ3n) is 7.09. The Labute approximate surface area is 184 Å². The Morgan fingerprint density at radius 2 is 2.10 bits per heavy atom. The first kappa shape index (κ1) is 23.7. The molecule has 1 spiro atoms. The minimum absolute atomic E-state index is 0.0177. The monoisotopic (exact) mass is 436 g/mol. The molecule has 2 bridgehead atoms. The van der Waals surface area contributed by atoms with Gasteiger partial charge < -0.3 is 24.4 Å². The Morgan fingerprint density at radius 1 is 1.39 bits per heavy atom. The van der Waals surface area contributed by atoms with Crippen LogP contribution in [0.4, 0.5) is 0 Å². The van der Waals surface area contributed by atoms with Gasteiger partial charge in [-0.15, -0.1) is 6.58 Å². The molecule has 0 aromatic rings. The van der Waals surface area contributed by atoms with Crippen LogP contribution in [0.2, 0.25) is 0 Å². The second-order valence-electron chi connectivity index (χ2n) is 9.31. The molecule has 1 N–H and O–H groups in total. The van der Waals surface area contributed by atoms with Crippen molar-refractivity contribution >= 4 is 17.8 Å². The Kier molecular flexibility index (Phi) is 6.81. The molecule has 0 aromatic carbocycles. The number of rotatable bonds is 10. The van der Waals surface area contributed by atoms with Crippen LogP contribution in [-0.4, -0.2) is 82.3 Å². The fourth-order valence-corrected chi connectivity index (χ4v) is 5.78. The normalized spacial score (nSPS) is 33.7. The SMILES string of the molecule is C=CCN(C(=O)C1N(CCCCO)C(=O)[C@@H]2[C@H](C(=O)OCC)[C@]3(C)CCC12O3)C(C)C. The minimum Gasteiger partial charge on any atom is -0.466 e. The number of hydrogen-bond donors (Lipinski definition) is 1. The lowest BCUT2D eigenvalue weighted by atomic mass is 9.66. The van der Waals surface area contributed by atoms with E-state index >= 15 is 0 Å². The Morgan fingerprint density at radius 3 is 2.68 bits per heavy atom. The predicted octanol–water partition coefficient (Wildman–Crippen LogP) is 1.51. The van der Waals surface area contributed by atoms with Crippen LogP contribution in [0.25, 0.3) is 0 Å². The average molecular weight is 437 g/mol. The summed E-state index contributed by atoms with van der Waals surface area (Å²) in [6.07, 6.45) is 3.91. The Hall–Kier alpha value is -1.93. The van der Waals surface area contributed by atoms with Crippen molar-refractivity contribution in [3.63, 3.8) is 0 Å². The number of esters is 1. The van der Waals surface area contributed by atoms with Crippen LogP contribution in [0.3, 0.4) is 0 Å². The maximum Gasteiger partial charge on any atom is 0.312 e. The van der Waals surface area contributed by atoms with Gasteiger partial charge in [0.2, 0.25) is 11.8 Å². The molecule has 0 radical (unpaired) electrons. The molecule has 3 fully saturated rings. The van der Waals surface area contributed by atoms with E-state index in [0.717, 1.165) is 0 Å². The highest BCUT2D eigenvalue weighted by Gasteiger charge is 2.78. The smallest absolute Gasteiger partial charge is 0.312 e. The van der Waals surface area contributed by atoms with Gasteiger partial charge in [-0.05, 0) is 53.4 Å². The number of amides is 2. The molecule has 0 aliphatic carbocycles. The van der Waals surface area contributed by atoms with Gasteiger partial charge in [0.1, 0.15) is 17.6 Å². The van der Waals surface area contributed by atoms with Gasteiger partial charge in [-0.3, -0.25) is 14.4 Å². The number of aliphatic hydroxyl groups is 1. The van der Waals surface area contributed by atoms with Crippen LogP contribution in [0.5, 0.6) is 0 Å². The molecule has 174 valence electrons. The molecule has 3 aliphatic rings. The average Bonchev–Trinajstić information content (AvgIpc) is 3.27. The van der Waals surface area contributed by atoms with Gasteiger partial charge in [0.05, 0.1) is 18.1 Å². The van der Waals surface area contributed by atoms with E-state index in [1.165, 1.54) is 0 Å². The summed E-state index contributed by atoms with van der Waals surface area (Å²) >= 11 is 0. The van der Waals surface area contributed by atoms with Gasteiger partial charge in [0.25, 0.3) is 0 Å². The molecule has 2 unspecified atom stereocenters. The number of unbranched alkanes of at least 4 members (excludes halogenated alkanes) is 1. The van der Waals surface area contributed by atoms with Crippen molar-refractivity contribution in [1.29, 1.82) is 0 Å². The summed E-state index contributed by atoms with van der Waals surface area (Å²) in [6, 6.07) is -0.877. The van der Waals surface area contributed by atoms with Crippen molar-refractivity contribution in [2.45, 2.75) is 76.7 Å². The van der Waals surface area contributed by atoms with E-state index in [0.29, 0.717) is 38.8 Å². The first-order valence-corrected chi connectivity index (χ1v) is 11.4. The molecule has 8 heteroatoms. The molecule has 3 aliphatic heterocycles. The molecule has 5 atom stereocenters. The van der Waals surface area contributed by atoms with Crippen molar-refractivity contribution in [3.8, 4) is 0 Å². The van der Waals surface area contributed by atoms with Crippen LogP contribution in [0, 0.1) is 11.8 Å². The summed E-state index contributed by atoms with van der Waals surface area (Å²) in [7, 11) is 0. The molecule has 3 heterocycles. The highest BCUT2D eigenvalue weighted by Crippen LogP contribution is 2.63. The quantitative estimate of drug-likeness (QED) is 0.317. The Bertz CT molecular complexity index is 740. The second kappa shape index (κ2) is 8.90. The highest BCUT2D eigenvalue weighted by molar-refractivity contribution is 5.98. The lowest BCUT2D eigenvalue weighted by molar-refractivity contribution is -0.160. The van der Waals surface area contributed by atoms with Gasteiger partial charge in [-0.1, -0.05) is 6.08 Å². The van der Waals surface area contributed by atoms with Gasteiger partial charge >= 0.3 is 5.97 Å². The Balaban J connectivity index is 2.04. The lowest BCUT2D eigenvalue weighted by Crippen LogP contribution is -2.57. The summed E-state index contributed by atoms with van der Waals surface area (Å²) in [4.78, 5) is 43.7. The fourth-order valence-electron chi connectivity index (χ4n) is 5.78. The largest absolute Gasteiger partial charge is 0.466 e. The zero-order valence-electron chi connectivity index (χ0n) is 19.1. The molecular weight excluding hydrogens is 400 g/mol. The number of fused-ring (bicyclic) bond motifs is 1. The van der Waals surface area contributed by atoms with Gasteiger partial charge in [0.15, 0.2) is 0 Å². The van der Waals surface area contributed by atoms with Crippen molar-refractivity contribution in [2.75, 3.05) is 26.3 Å². The number of nitrogens with zero attached hydrogens (tertiary/aromatic N) is 2. The van der Waals surface area contributed by atoms with E-state index in [1.54, 1.807) is 22.8 Å². The summed E-state index contributed by atoms with van der Waals surface area (Å²) in [5, 5.41) is 9.21. The molecular formula is C23H36N2O6. The molecule has 0 saturated carbocycles. The molecule has 3 rings (SSSR count). The lowest BCUT2D eigenvalue weighted by Gasteiger charge is -2.38. The van der Waals surface area contributed by atoms with Crippen molar-refractivity contribution in [2.24, 2.45) is 11.8 Å². The summed E-state index contributed by atoms with van der Waals surface area (Å²) in [5.41, 5.74) is -1.85. The van der Waals surface area contributed by atoms with E-state index in [-0.39, 0.29) is 31.1 Å². The number of carbonyl (C=O) groups excluding carboxylic acids is 3. The van der Waals surface area contributed by atoms with E-state index < -0.39 is 35.0 Å². The van der Waals surface area contributed by atoms with Crippen molar-refractivity contribution in [1.82, 2.24) is 9.80 Å². The van der Waals surface area contributed by atoms with Gasteiger partial charge in [-0.25, -0.2) is 0 Å². The van der Waals surface area contributed by atoms with Gasteiger partial charge in [0, 0.05) is 25.7 Å². The number of hydrogen-bond acceptors (Lipinski definition) is 6. The number of ether oxygens (including phenoxy) is 2. The van der Waals surface area contributed by atoms with Crippen LogP contribution in [0.15, 0.2) is 12.7 Å². The maximum atomic E-state index is 13.8. The van der Waals surface area contributed by atoms with Crippen LogP contribution < -0.4 is 0 Å². The number of aliphatic hydroxyl groups excluding tert-OH is 1. The van der Waals surface area contributed by atoms with E-state index in [2.05, 4.69) is 6.58 Å². The topological polar surface area (TPSA) is 96.4 Å². The number of likely N-dealkylation sites (tertiary alicyclic amines) is 1. The van der Waals surface area contributed by atoms with Crippen LogP contribution in [0.1, 0.15) is 53.4 Å². The standard InChI is InChI=1S/C23H36N2O6/c1-6-12-24(15(3)4)20(28)18-23-11-10-22(5,31-23)17(21(29)30-7-2)16(23)19(27)25(18)13-8-9-14-26/h6,15-18,26H,1,7-14H2,2-5H3/t16-,17+,18?,22-,23?/m0/s1. The molecule has 2 amide bonds. The van der Waals surface area contributed by atoms with Crippen LogP contribution in [-0.2, 0) is 23.9 Å². The maximum absolute atomic E-state index is 13.8. The summed E-state index contributed by atoms with van der Waals surface area (Å²) in [5.74, 6) is -2.28. The van der Waals surface area contributed by atoms with E-state index in [1.807, 2.05) is 20.8 Å². The molecule has 0 aromatic heterocycles. The second-order valence-corrected chi connectivity index (χ2v) is 9.31. The van der Waals surface area contributed by atoms with Gasteiger partial charge in [-0.2, -0.15) is 0 Å². The zero-order valence-corrected chi connectivity index (χ0v) is 19.1. The highest BCUT2D eigenvalue weighted by atomic mass is 16.6. The molecule has 8 nitrogen and oxygen atoms in total. The fraction of sp³-hybridized carbons (Fsp3) is 0.783.